The fourth-order valence-electron chi connectivity index (χ4n) is 3.56. The van der Waals surface area contributed by atoms with Gasteiger partial charge in [0, 0.05) is 24.6 Å². The Morgan fingerprint density at radius 1 is 1.30 bits per heavy atom. The summed E-state index contributed by atoms with van der Waals surface area (Å²) in [6.45, 7) is 2.26. The van der Waals surface area contributed by atoms with Crippen molar-refractivity contribution in [2.24, 2.45) is 5.92 Å². The number of nitrogens with zero attached hydrogens (tertiary/aromatic N) is 3. The van der Waals surface area contributed by atoms with Crippen LogP contribution < -0.4 is 4.90 Å². The number of aliphatic hydroxyl groups is 1. The molecule has 20 heavy (non-hydrogen) atoms. The molecule has 1 aliphatic carbocycles. The average Bonchev–Trinajstić information content (AvgIpc) is 3.07. The lowest BCUT2D eigenvalue weighted by Gasteiger charge is -2.33. The van der Waals surface area contributed by atoms with Crippen molar-refractivity contribution in [2.45, 2.75) is 32.1 Å². The first-order chi connectivity index (χ1) is 9.86. The summed E-state index contributed by atoms with van der Waals surface area (Å²) in [6.07, 6.45) is 7.62. The van der Waals surface area contributed by atoms with Gasteiger partial charge in [-0.1, -0.05) is 0 Å². The molecule has 0 bridgehead atoms. The third-order valence-electron chi connectivity index (χ3n) is 4.56. The van der Waals surface area contributed by atoms with Crippen LogP contribution in [0.3, 0.4) is 0 Å². The maximum Gasteiger partial charge on any atom is 0.141 e. The van der Waals surface area contributed by atoms with Crippen molar-refractivity contribution in [1.82, 2.24) is 9.97 Å². The van der Waals surface area contributed by atoms with Crippen LogP contribution in [0.25, 0.3) is 10.2 Å². The van der Waals surface area contributed by atoms with Crippen LogP contribution in [0.2, 0.25) is 0 Å². The first-order valence-corrected chi connectivity index (χ1v) is 8.29. The van der Waals surface area contributed by atoms with E-state index in [0.29, 0.717) is 5.92 Å². The fraction of sp³-hybridized carbons (Fsp3) is 0.600. The molecule has 1 saturated heterocycles. The number of aromatic nitrogens is 2. The van der Waals surface area contributed by atoms with Gasteiger partial charge in [-0.15, -0.1) is 11.3 Å². The molecule has 2 aromatic heterocycles. The van der Waals surface area contributed by atoms with Gasteiger partial charge in [-0.3, -0.25) is 0 Å². The normalized spacial score (nSPS) is 22.4. The summed E-state index contributed by atoms with van der Waals surface area (Å²) in [5.41, 5.74) is 1.49. The van der Waals surface area contributed by atoms with Gasteiger partial charge in [0.25, 0.3) is 0 Å². The molecule has 0 spiro atoms. The van der Waals surface area contributed by atoms with Gasteiger partial charge in [0.2, 0.25) is 0 Å². The summed E-state index contributed by atoms with van der Waals surface area (Å²) in [5, 5.41) is 10.7. The van der Waals surface area contributed by atoms with E-state index in [-0.39, 0.29) is 6.61 Å². The van der Waals surface area contributed by atoms with Crippen molar-refractivity contribution >= 4 is 27.4 Å². The van der Waals surface area contributed by atoms with Gasteiger partial charge in [0.15, 0.2) is 0 Å². The Balaban J connectivity index is 1.79. The number of aliphatic hydroxyl groups excluding tert-OH is 1. The summed E-state index contributed by atoms with van der Waals surface area (Å²) in [6, 6.07) is 0. The molecule has 4 nitrogen and oxygen atoms in total. The Hall–Kier alpha value is -1.20. The third kappa shape index (κ3) is 1.91. The van der Waals surface area contributed by atoms with Crippen LogP contribution in [0, 0.1) is 5.92 Å². The monoisotopic (exact) mass is 289 g/mol. The maximum atomic E-state index is 9.43. The summed E-state index contributed by atoms with van der Waals surface area (Å²) in [4.78, 5) is 14.1. The van der Waals surface area contributed by atoms with Crippen molar-refractivity contribution in [1.29, 1.82) is 0 Å². The molecule has 0 radical (unpaired) electrons. The molecule has 2 aliphatic rings. The zero-order valence-electron chi connectivity index (χ0n) is 11.5. The van der Waals surface area contributed by atoms with Crippen LogP contribution in [0.15, 0.2) is 6.33 Å². The van der Waals surface area contributed by atoms with E-state index in [9.17, 15) is 5.11 Å². The van der Waals surface area contributed by atoms with E-state index in [1.807, 2.05) is 11.3 Å². The molecule has 0 saturated carbocycles. The Morgan fingerprint density at radius 3 is 3.15 bits per heavy atom. The number of thiophene rings is 1. The van der Waals surface area contributed by atoms with E-state index in [4.69, 9.17) is 0 Å². The van der Waals surface area contributed by atoms with Gasteiger partial charge in [-0.05, 0) is 43.6 Å². The predicted octanol–water partition coefficient (Wildman–Crippen LogP) is 2.39. The minimum absolute atomic E-state index is 0.284. The summed E-state index contributed by atoms with van der Waals surface area (Å²) in [7, 11) is 0. The maximum absolute atomic E-state index is 9.43. The van der Waals surface area contributed by atoms with Gasteiger partial charge < -0.3 is 10.0 Å². The van der Waals surface area contributed by atoms with Crippen molar-refractivity contribution in [3.63, 3.8) is 0 Å². The van der Waals surface area contributed by atoms with Crippen LogP contribution in [-0.4, -0.2) is 34.8 Å². The second-order valence-electron chi connectivity index (χ2n) is 5.87. The summed E-state index contributed by atoms with van der Waals surface area (Å²) >= 11 is 1.84. The molecule has 1 atom stereocenters. The van der Waals surface area contributed by atoms with Crippen molar-refractivity contribution in [3.8, 4) is 0 Å². The van der Waals surface area contributed by atoms with E-state index < -0.39 is 0 Å². The standard InChI is InChI=1S/C15H19N3OS/c19-8-10-3-2-6-18(7-10)14-13-11-4-1-5-12(11)20-15(13)17-9-16-14/h9-10,19H,1-8H2. The quantitative estimate of drug-likeness (QED) is 0.922. The number of anilines is 1. The minimum atomic E-state index is 0.284. The van der Waals surface area contributed by atoms with Crippen LogP contribution in [-0.2, 0) is 12.8 Å². The number of hydrogen-bond acceptors (Lipinski definition) is 5. The number of piperidine rings is 1. The van der Waals surface area contributed by atoms with Crippen LogP contribution in [0.4, 0.5) is 5.82 Å². The van der Waals surface area contributed by atoms with E-state index in [1.165, 1.54) is 35.1 Å². The highest BCUT2D eigenvalue weighted by Gasteiger charge is 2.26. The molecule has 2 aromatic rings. The summed E-state index contributed by atoms with van der Waals surface area (Å²) in [5.74, 6) is 1.49. The molecule has 106 valence electrons. The zero-order valence-corrected chi connectivity index (χ0v) is 12.3. The predicted molar refractivity (Wildman–Crippen MR) is 81.5 cm³/mol. The van der Waals surface area contributed by atoms with E-state index in [2.05, 4.69) is 14.9 Å². The highest BCUT2D eigenvalue weighted by molar-refractivity contribution is 7.19. The molecule has 3 heterocycles. The van der Waals surface area contributed by atoms with E-state index in [1.54, 1.807) is 6.33 Å². The number of hydrogen-bond donors (Lipinski definition) is 1. The van der Waals surface area contributed by atoms with Gasteiger partial charge in [-0.25, -0.2) is 9.97 Å². The van der Waals surface area contributed by atoms with Crippen molar-refractivity contribution in [3.05, 3.63) is 16.8 Å². The highest BCUT2D eigenvalue weighted by atomic mass is 32.1. The van der Waals surface area contributed by atoms with Gasteiger partial charge in [0.1, 0.15) is 17.0 Å². The SMILES string of the molecule is OCC1CCCN(c2ncnc3sc4c(c23)CCC4)C1. The minimum Gasteiger partial charge on any atom is -0.396 e. The molecular weight excluding hydrogens is 270 g/mol. The Bertz CT molecular complexity index is 639. The smallest absolute Gasteiger partial charge is 0.141 e. The molecule has 1 fully saturated rings. The Kier molecular flexibility index (Phi) is 3.11. The summed E-state index contributed by atoms with van der Waals surface area (Å²) < 4.78 is 0. The zero-order chi connectivity index (χ0) is 13.5. The second kappa shape index (κ2) is 4.97. The largest absolute Gasteiger partial charge is 0.396 e. The van der Waals surface area contributed by atoms with Crippen molar-refractivity contribution < 1.29 is 5.11 Å². The molecule has 4 rings (SSSR count). The lowest BCUT2D eigenvalue weighted by Crippen LogP contribution is -2.37. The fourth-order valence-corrected chi connectivity index (χ4v) is 4.78. The van der Waals surface area contributed by atoms with Crippen molar-refractivity contribution in [2.75, 3.05) is 24.6 Å². The lowest BCUT2D eigenvalue weighted by atomic mass is 9.98. The Labute approximate surface area is 122 Å². The van der Waals surface area contributed by atoms with E-state index >= 15 is 0 Å². The molecule has 0 aromatic carbocycles. The van der Waals surface area contributed by atoms with Crippen LogP contribution in [0.5, 0.6) is 0 Å². The molecule has 0 amide bonds. The third-order valence-corrected chi connectivity index (χ3v) is 5.76. The van der Waals surface area contributed by atoms with Crippen LogP contribution in [0.1, 0.15) is 29.7 Å². The first-order valence-electron chi connectivity index (χ1n) is 7.48. The lowest BCUT2D eigenvalue weighted by molar-refractivity contribution is 0.208. The van der Waals surface area contributed by atoms with Gasteiger partial charge >= 0.3 is 0 Å². The molecule has 1 unspecified atom stereocenters. The van der Waals surface area contributed by atoms with Gasteiger partial charge in [0.05, 0.1) is 5.39 Å². The van der Waals surface area contributed by atoms with Gasteiger partial charge in [-0.2, -0.15) is 0 Å². The number of fused-ring (bicyclic) bond motifs is 3. The first kappa shape index (κ1) is 12.5. The van der Waals surface area contributed by atoms with E-state index in [0.717, 1.165) is 36.6 Å². The second-order valence-corrected chi connectivity index (χ2v) is 6.96. The topological polar surface area (TPSA) is 49.2 Å². The molecule has 5 heteroatoms. The highest BCUT2D eigenvalue weighted by Crippen LogP contribution is 2.40. The van der Waals surface area contributed by atoms with Crippen LogP contribution >= 0.6 is 11.3 Å². The molecule has 1 aliphatic heterocycles. The Morgan fingerprint density at radius 2 is 2.25 bits per heavy atom. The number of aryl methyl sites for hydroxylation is 2. The molecule has 1 N–H and O–H groups in total. The number of rotatable bonds is 2. The molecular formula is C15H19N3OS. The average molecular weight is 289 g/mol.